The molecule has 0 radical (unpaired) electrons. The molecule has 0 spiro atoms. The highest BCUT2D eigenvalue weighted by atomic mass is 35.5. The van der Waals surface area contributed by atoms with E-state index < -0.39 is 11.9 Å². The molecule has 0 amide bonds. The summed E-state index contributed by atoms with van der Waals surface area (Å²) in [5, 5.41) is 19.3. The number of hydrogen-bond acceptors (Lipinski definition) is 5. The molecule has 1 atom stereocenters. The van der Waals surface area contributed by atoms with Crippen LogP contribution in [-0.4, -0.2) is 20.7 Å². The van der Waals surface area contributed by atoms with E-state index >= 15 is 0 Å². The van der Waals surface area contributed by atoms with E-state index in [2.05, 4.69) is 0 Å². The minimum Gasteiger partial charge on any atom is -0.508 e. The summed E-state index contributed by atoms with van der Waals surface area (Å²) in [5.74, 6) is -0.527. The van der Waals surface area contributed by atoms with Gasteiger partial charge in [0.2, 0.25) is 0 Å². The molecule has 0 saturated carbocycles. The average molecular weight is 426 g/mol. The predicted octanol–water partition coefficient (Wildman–Crippen LogP) is 3.91. The summed E-state index contributed by atoms with van der Waals surface area (Å²) in [4.78, 5) is 25.6. The van der Waals surface area contributed by atoms with Gasteiger partial charge in [-0.15, -0.1) is 0 Å². The maximum Gasteiger partial charge on any atom is 0.312 e. The molecule has 1 aromatic heterocycles. The first-order valence-electron chi connectivity index (χ1n) is 9.55. The van der Waals surface area contributed by atoms with E-state index in [1.54, 1.807) is 41.8 Å². The Labute approximate surface area is 177 Å². The van der Waals surface area contributed by atoms with Gasteiger partial charge in [-0.3, -0.25) is 9.59 Å². The molecule has 2 N–H and O–H groups in total. The third kappa shape index (κ3) is 3.78. The lowest BCUT2D eigenvalue weighted by atomic mass is 9.87. The van der Waals surface area contributed by atoms with Crippen LogP contribution in [0, 0.1) is 6.92 Å². The van der Waals surface area contributed by atoms with Gasteiger partial charge in [-0.2, -0.15) is 0 Å². The summed E-state index contributed by atoms with van der Waals surface area (Å²) in [7, 11) is 0. The van der Waals surface area contributed by atoms with Crippen LogP contribution in [0.2, 0.25) is 5.02 Å². The van der Waals surface area contributed by atoms with Crippen LogP contribution >= 0.6 is 11.6 Å². The molecule has 6 nitrogen and oxygen atoms in total. The number of fused-ring (bicyclic) bond motifs is 1. The largest absolute Gasteiger partial charge is 0.508 e. The van der Waals surface area contributed by atoms with Crippen LogP contribution in [-0.2, 0) is 17.8 Å². The van der Waals surface area contributed by atoms with Gasteiger partial charge in [0.15, 0.2) is 0 Å². The average Bonchev–Trinajstić information content (AvgIpc) is 2.70. The molecule has 2 aromatic carbocycles. The number of aryl methyl sites for hydroxylation is 2. The zero-order valence-electron chi connectivity index (χ0n) is 16.3. The van der Waals surface area contributed by atoms with Crippen molar-refractivity contribution in [2.45, 2.75) is 32.2 Å². The molecule has 0 bridgehead atoms. The second-order valence-electron chi connectivity index (χ2n) is 7.38. The van der Waals surface area contributed by atoms with Gasteiger partial charge >= 0.3 is 5.97 Å². The highest BCUT2D eigenvalue weighted by Gasteiger charge is 2.32. The first-order chi connectivity index (χ1) is 14.3. The van der Waals surface area contributed by atoms with Crippen LogP contribution in [0.1, 0.15) is 34.7 Å². The van der Waals surface area contributed by atoms with Crippen LogP contribution in [0.5, 0.6) is 17.2 Å². The van der Waals surface area contributed by atoms with E-state index in [9.17, 15) is 19.8 Å². The van der Waals surface area contributed by atoms with Crippen molar-refractivity contribution in [3.05, 3.63) is 86.3 Å². The Balaban J connectivity index is 1.74. The summed E-state index contributed by atoms with van der Waals surface area (Å²) < 4.78 is 7.03. The number of nitrogens with zero attached hydrogens (tertiary/aromatic N) is 1. The number of aromatic nitrogens is 1. The summed E-state index contributed by atoms with van der Waals surface area (Å²) in [6.07, 6.45) is 0.625. The van der Waals surface area contributed by atoms with Crippen molar-refractivity contribution in [2.75, 3.05) is 0 Å². The van der Waals surface area contributed by atoms with Gasteiger partial charge in [-0.05, 0) is 48.7 Å². The molecule has 7 heteroatoms. The van der Waals surface area contributed by atoms with E-state index in [1.165, 1.54) is 6.07 Å². The lowest BCUT2D eigenvalue weighted by Crippen LogP contribution is -2.33. The molecule has 0 aliphatic carbocycles. The fourth-order valence-corrected chi connectivity index (χ4v) is 3.99. The van der Waals surface area contributed by atoms with Crippen molar-refractivity contribution in [3.8, 4) is 17.2 Å². The van der Waals surface area contributed by atoms with Crippen molar-refractivity contribution in [2.24, 2.45) is 0 Å². The highest BCUT2D eigenvalue weighted by Crippen LogP contribution is 2.39. The van der Waals surface area contributed by atoms with E-state index in [1.807, 2.05) is 12.1 Å². The van der Waals surface area contributed by atoms with E-state index in [0.29, 0.717) is 29.8 Å². The van der Waals surface area contributed by atoms with Gasteiger partial charge in [-0.1, -0.05) is 29.8 Å². The zero-order valence-corrected chi connectivity index (χ0v) is 17.0. The predicted molar refractivity (Wildman–Crippen MR) is 112 cm³/mol. The number of carbonyl (C=O) groups excluding carboxylic acids is 1. The van der Waals surface area contributed by atoms with Crippen LogP contribution in [0.25, 0.3) is 0 Å². The summed E-state index contributed by atoms with van der Waals surface area (Å²) in [6.45, 7) is 2.24. The zero-order chi connectivity index (χ0) is 21.4. The number of carbonyl (C=O) groups is 1. The molecule has 0 saturated heterocycles. The van der Waals surface area contributed by atoms with E-state index in [0.717, 1.165) is 5.56 Å². The lowest BCUT2D eigenvalue weighted by Gasteiger charge is -2.26. The summed E-state index contributed by atoms with van der Waals surface area (Å²) in [6, 6.07) is 13.3. The van der Waals surface area contributed by atoms with Crippen LogP contribution in [0.15, 0.2) is 53.3 Å². The van der Waals surface area contributed by atoms with E-state index in [-0.39, 0.29) is 34.3 Å². The minimum absolute atomic E-state index is 0.0182. The Morgan fingerprint density at radius 3 is 2.53 bits per heavy atom. The highest BCUT2D eigenvalue weighted by molar-refractivity contribution is 6.32. The van der Waals surface area contributed by atoms with Gasteiger partial charge < -0.3 is 19.5 Å². The molecule has 1 aliphatic rings. The molecular weight excluding hydrogens is 406 g/mol. The molecule has 4 rings (SSSR count). The van der Waals surface area contributed by atoms with Crippen molar-refractivity contribution < 1.29 is 19.7 Å². The topological polar surface area (TPSA) is 88.8 Å². The van der Waals surface area contributed by atoms with Gasteiger partial charge in [0.1, 0.15) is 17.2 Å². The van der Waals surface area contributed by atoms with Crippen molar-refractivity contribution >= 4 is 17.6 Å². The second-order valence-corrected chi connectivity index (χ2v) is 7.79. The third-order valence-corrected chi connectivity index (χ3v) is 5.69. The molecule has 3 aromatic rings. The smallest absolute Gasteiger partial charge is 0.312 e. The number of rotatable bonds is 4. The first kappa shape index (κ1) is 20.0. The number of phenolic OH excluding ortho intramolecular Hbond substituents is 2. The number of phenols is 2. The van der Waals surface area contributed by atoms with Gasteiger partial charge in [0.25, 0.3) is 5.56 Å². The maximum atomic E-state index is 13.4. The van der Waals surface area contributed by atoms with Crippen LogP contribution in [0.4, 0.5) is 0 Å². The molecule has 1 aliphatic heterocycles. The second kappa shape index (κ2) is 7.88. The first-order valence-corrected chi connectivity index (χ1v) is 9.92. The minimum atomic E-state index is -0.507. The number of pyridine rings is 1. The lowest BCUT2D eigenvalue weighted by molar-refractivity contribution is -0.135. The van der Waals surface area contributed by atoms with Gasteiger partial charge in [0.05, 0.1) is 17.0 Å². The Hall–Kier alpha value is -3.25. The molecule has 0 fully saturated rings. The number of aromatic hydroxyl groups is 2. The number of ether oxygens (including phenoxy) is 1. The van der Waals surface area contributed by atoms with Crippen LogP contribution < -0.4 is 10.3 Å². The normalized spacial score (nSPS) is 15.5. The SMILES string of the molecule is Cc1cc2c(c(=O)n1CCc1ccc(O)cc1)[C@H](c1ccc(O)c(Cl)c1)CC(=O)O2. The van der Waals surface area contributed by atoms with E-state index in [4.69, 9.17) is 16.3 Å². The Bertz CT molecular complexity index is 1180. The molecule has 0 unspecified atom stereocenters. The van der Waals surface area contributed by atoms with Crippen molar-refractivity contribution in [3.63, 3.8) is 0 Å². The van der Waals surface area contributed by atoms with Crippen LogP contribution in [0.3, 0.4) is 0 Å². The molecule has 154 valence electrons. The maximum absolute atomic E-state index is 13.4. The van der Waals surface area contributed by atoms with Crippen molar-refractivity contribution in [1.29, 1.82) is 0 Å². The number of halogens is 1. The van der Waals surface area contributed by atoms with Crippen molar-refractivity contribution in [1.82, 2.24) is 4.57 Å². The number of hydrogen-bond donors (Lipinski definition) is 2. The summed E-state index contributed by atoms with van der Waals surface area (Å²) >= 11 is 6.05. The Kier molecular flexibility index (Phi) is 5.26. The summed E-state index contributed by atoms with van der Waals surface area (Å²) in [5.41, 5.74) is 2.54. The van der Waals surface area contributed by atoms with Gasteiger partial charge in [0, 0.05) is 24.2 Å². The standard InChI is InChI=1S/C23H20ClNO5/c1-13-10-20-22(23(29)25(13)9-8-14-2-5-16(26)6-3-14)17(12-21(28)30-20)15-4-7-19(27)18(24)11-15/h2-7,10-11,17,26-27H,8-9,12H2,1H3/t17-/m0/s1. The number of esters is 1. The molecule has 30 heavy (non-hydrogen) atoms. The number of benzene rings is 2. The third-order valence-electron chi connectivity index (χ3n) is 5.38. The molecular formula is C23H20ClNO5. The fraction of sp³-hybridized carbons (Fsp3) is 0.217. The monoisotopic (exact) mass is 425 g/mol. The Morgan fingerprint density at radius 1 is 1.10 bits per heavy atom. The van der Waals surface area contributed by atoms with Gasteiger partial charge in [-0.25, -0.2) is 0 Å². The Morgan fingerprint density at radius 2 is 1.83 bits per heavy atom. The quantitative estimate of drug-likeness (QED) is 0.619. The fourth-order valence-electron chi connectivity index (χ4n) is 3.80. The molecule has 2 heterocycles.